The molecule has 1 amide bonds. The van der Waals surface area contributed by atoms with Crippen molar-refractivity contribution < 1.29 is 14.3 Å². The summed E-state index contributed by atoms with van der Waals surface area (Å²) in [5.41, 5.74) is 0.327. The molecule has 7 nitrogen and oxygen atoms in total. The number of ether oxygens (including phenoxy) is 2. The van der Waals surface area contributed by atoms with E-state index >= 15 is 0 Å². The second kappa shape index (κ2) is 9.48. The molecular weight excluding hydrogens is 495 g/mol. The van der Waals surface area contributed by atoms with Gasteiger partial charge in [-0.25, -0.2) is 0 Å². The van der Waals surface area contributed by atoms with Gasteiger partial charge in [0.15, 0.2) is 5.96 Å². The first-order chi connectivity index (χ1) is 14.2. The van der Waals surface area contributed by atoms with Crippen molar-refractivity contribution in [3.8, 4) is 0 Å². The number of piperazine rings is 1. The molecule has 3 heterocycles. The molecule has 1 spiro atoms. The second-order valence-electron chi connectivity index (χ2n) is 9.42. The predicted octanol–water partition coefficient (Wildman–Crippen LogP) is 2.24. The Balaban J connectivity index is 0.00000218. The maximum atomic E-state index is 12.7. The standard InChI is InChI=1S/C22H36N4O3.HI/c1-2-23-21(24-18-16-7-15-29-19(16)22(18)8-3-4-9-22)26-12-10-25(11-13-26)20(27)17-6-5-14-28-17;/h16-19H,2-15H2,1H3,(H,23,24);1H. The summed E-state index contributed by atoms with van der Waals surface area (Å²) in [6.07, 6.45) is 8.53. The molecule has 8 heteroatoms. The molecule has 2 saturated carbocycles. The highest BCUT2D eigenvalue weighted by Gasteiger charge is 2.65. The molecule has 0 aromatic rings. The maximum absolute atomic E-state index is 12.7. The number of carbonyl (C=O) groups is 1. The number of hydrogen-bond donors (Lipinski definition) is 1. The van der Waals surface area contributed by atoms with Crippen LogP contribution in [0.2, 0.25) is 0 Å². The lowest BCUT2D eigenvalue weighted by atomic mass is 9.54. The number of carbonyl (C=O) groups excluding carboxylic acids is 1. The number of aliphatic imine (C=N–C) groups is 1. The van der Waals surface area contributed by atoms with Gasteiger partial charge in [-0.1, -0.05) is 12.8 Å². The summed E-state index contributed by atoms with van der Waals surface area (Å²) in [4.78, 5) is 21.8. The van der Waals surface area contributed by atoms with E-state index in [4.69, 9.17) is 14.5 Å². The quantitative estimate of drug-likeness (QED) is 0.343. The van der Waals surface area contributed by atoms with Crippen LogP contribution in [0.5, 0.6) is 0 Å². The molecule has 5 fully saturated rings. The molecule has 3 aliphatic heterocycles. The highest BCUT2D eigenvalue weighted by molar-refractivity contribution is 14.0. The Hall–Kier alpha value is -0.610. The Kier molecular flexibility index (Phi) is 7.14. The number of fused-ring (bicyclic) bond motifs is 2. The monoisotopic (exact) mass is 532 g/mol. The van der Waals surface area contributed by atoms with Crippen molar-refractivity contribution in [3.63, 3.8) is 0 Å². The smallest absolute Gasteiger partial charge is 0.251 e. The van der Waals surface area contributed by atoms with Crippen LogP contribution in [0.25, 0.3) is 0 Å². The summed E-state index contributed by atoms with van der Waals surface area (Å²) in [5.74, 6) is 1.86. The van der Waals surface area contributed by atoms with E-state index in [9.17, 15) is 4.79 Å². The number of rotatable bonds is 3. The molecule has 5 aliphatic rings. The van der Waals surface area contributed by atoms with E-state index in [-0.39, 0.29) is 36.0 Å². The van der Waals surface area contributed by atoms with E-state index in [1.807, 2.05) is 4.90 Å². The molecule has 0 radical (unpaired) electrons. The lowest BCUT2D eigenvalue weighted by Gasteiger charge is -2.57. The van der Waals surface area contributed by atoms with Crippen LogP contribution >= 0.6 is 24.0 Å². The number of amides is 1. The summed E-state index contributed by atoms with van der Waals surface area (Å²) in [6, 6.07) is 0.495. The minimum Gasteiger partial charge on any atom is -0.377 e. The van der Waals surface area contributed by atoms with Gasteiger partial charge in [-0.2, -0.15) is 0 Å². The van der Waals surface area contributed by atoms with Gasteiger partial charge >= 0.3 is 0 Å². The maximum Gasteiger partial charge on any atom is 0.251 e. The number of nitrogens with zero attached hydrogens (tertiary/aromatic N) is 3. The van der Waals surface area contributed by atoms with Gasteiger partial charge in [-0.3, -0.25) is 9.79 Å². The van der Waals surface area contributed by atoms with Crippen molar-refractivity contribution in [2.75, 3.05) is 45.9 Å². The number of nitrogens with one attached hydrogen (secondary N) is 1. The molecule has 5 rings (SSSR count). The summed E-state index contributed by atoms with van der Waals surface area (Å²) in [7, 11) is 0. The van der Waals surface area contributed by atoms with E-state index in [0.717, 1.165) is 64.7 Å². The van der Waals surface area contributed by atoms with Crippen molar-refractivity contribution in [2.24, 2.45) is 16.3 Å². The van der Waals surface area contributed by atoms with E-state index in [1.54, 1.807) is 0 Å². The Morgan fingerprint density at radius 2 is 1.77 bits per heavy atom. The minimum absolute atomic E-state index is 0. The van der Waals surface area contributed by atoms with E-state index in [1.165, 1.54) is 32.1 Å². The normalized spacial score (nSPS) is 35.2. The van der Waals surface area contributed by atoms with Crippen LogP contribution in [0.1, 0.15) is 51.9 Å². The predicted molar refractivity (Wildman–Crippen MR) is 126 cm³/mol. The fourth-order valence-corrected chi connectivity index (χ4v) is 6.54. The van der Waals surface area contributed by atoms with Gasteiger partial charge in [-0.15, -0.1) is 24.0 Å². The third-order valence-electron chi connectivity index (χ3n) is 7.97. The van der Waals surface area contributed by atoms with Crippen LogP contribution in [-0.4, -0.2) is 85.9 Å². The van der Waals surface area contributed by atoms with Crippen LogP contribution in [0.4, 0.5) is 0 Å². The lowest BCUT2D eigenvalue weighted by molar-refractivity contribution is -0.142. The van der Waals surface area contributed by atoms with Crippen LogP contribution in [-0.2, 0) is 14.3 Å². The van der Waals surface area contributed by atoms with Crippen LogP contribution < -0.4 is 5.32 Å². The third kappa shape index (κ3) is 3.85. The van der Waals surface area contributed by atoms with Gasteiger partial charge in [0, 0.05) is 63.3 Å². The molecular formula is C22H37IN4O3. The zero-order valence-corrected chi connectivity index (χ0v) is 20.5. The first kappa shape index (κ1) is 22.6. The molecule has 0 aromatic carbocycles. The van der Waals surface area contributed by atoms with Crippen LogP contribution in [0.15, 0.2) is 4.99 Å². The first-order valence-electron chi connectivity index (χ1n) is 11.8. The lowest BCUT2D eigenvalue weighted by Crippen LogP contribution is -2.70. The molecule has 3 saturated heterocycles. The summed E-state index contributed by atoms with van der Waals surface area (Å²) in [5, 5.41) is 3.90. The highest BCUT2D eigenvalue weighted by Crippen LogP contribution is 2.60. The first-order valence-corrected chi connectivity index (χ1v) is 11.8. The Bertz CT molecular complexity index is 640. The summed E-state index contributed by atoms with van der Waals surface area (Å²) in [6.45, 7) is 7.72. The fourth-order valence-electron chi connectivity index (χ4n) is 6.54. The van der Waals surface area contributed by atoms with Gasteiger partial charge in [0.05, 0.1) is 6.10 Å². The highest BCUT2D eigenvalue weighted by atomic mass is 127. The summed E-state index contributed by atoms with van der Waals surface area (Å²) >= 11 is 0. The van der Waals surface area contributed by atoms with Gasteiger partial charge in [-0.05, 0) is 39.0 Å². The van der Waals surface area contributed by atoms with Crippen LogP contribution in [0, 0.1) is 11.3 Å². The molecule has 0 bridgehead atoms. The van der Waals surface area contributed by atoms with Crippen molar-refractivity contribution in [1.82, 2.24) is 15.1 Å². The van der Waals surface area contributed by atoms with E-state index in [2.05, 4.69) is 17.1 Å². The zero-order chi connectivity index (χ0) is 19.8. The van der Waals surface area contributed by atoms with Gasteiger partial charge in [0.2, 0.25) is 0 Å². The zero-order valence-electron chi connectivity index (χ0n) is 18.2. The van der Waals surface area contributed by atoms with Gasteiger partial charge in [0.1, 0.15) is 6.10 Å². The fraction of sp³-hybridized carbons (Fsp3) is 0.909. The Morgan fingerprint density at radius 3 is 2.43 bits per heavy atom. The second-order valence-corrected chi connectivity index (χ2v) is 9.42. The molecule has 0 aromatic heterocycles. The average molecular weight is 532 g/mol. The molecule has 4 atom stereocenters. The van der Waals surface area contributed by atoms with Gasteiger partial charge < -0.3 is 24.6 Å². The SMILES string of the molecule is CCN=C(NC1C2CCOC2C12CCCC2)N1CCN(C(=O)C2CCCO2)CC1.I. The number of hydrogen-bond acceptors (Lipinski definition) is 4. The number of guanidine groups is 1. The number of halogens is 1. The Morgan fingerprint density at radius 1 is 1.03 bits per heavy atom. The van der Waals surface area contributed by atoms with Crippen molar-refractivity contribution in [1.29, 1.82) is 0 Å². The van der Waals surface area contributed by atoms with Gasteiger partial charge in [0.25, 0.3) is 5.91 Å². The Labute approximate surface area is 197 Å². The largest absolute Gasteiger partial charge is 0.377 e. The molecule has 1 N–H and O–H groups in total. The average Bonchev–Trinajstić information content (AvgIpc) is 3.51. The van der Waals surface area contributed by atoms with E-state index in [0.29, 0.717) is 23.5 Å². The van der Waals surface area contributed by atoms with Crippen LogP contribution in [0.3, 0.4) is 0 Å². The minimum atomic E-state index is -0.208. The topological polar surface area (TPSA) is 66.4 Å². The molecule has 4 unspecified atom stereocenters. The van der Waals surface area contributed by atoms with Crippen molar-refractivity contribution in [2.45, 2.75) is 70.1 Å². The van der Waals surface area contributed by atoms with Crippen molar-refractivity contribution >= 4 is 35.8 Å². The molecule has 30 heavy (non-hydrogen) atoms. The summed E-state index contributed by atoms with van der Waals surface area (Å²) < 4.78 is 11.7. The third-order valence-corrected chi connectivity index (χ3v) is 7.97. The van der Waals surface area contributed by atoms with E-state index < -0.39 is 0 Å². The molecule has 2 aliphatic carbocycles. The molecule has 170 valence electrons. The van der Waals surface area contributed by atoms with Crippen molar-refractivity contribution in [3.05, 3.63) is 0 Å².